The average molecular weight is 845 g/mol. The third-order valence-corrected chi connectivity index (χ3v) is 8.97. The van der Waals surface area contributed by atoms with Crippen molar-refractivity contribution in [3.8, 4) is 0 Å². The van der Waals surface area contributed by atoms with Crippen molar-refractivity contribution in [3.63, 3.8) is 0 Å². The molecule has 0 radical (unpaired) electrons. The highest BCUT2D eigenvalue weighted by atomic mass is 19.4. The number of anilines is 3. The number of rotatable bonds is 26. The summed E-state index contributed by atoms with van der Waals surface area (Å²) in [5, 5.41) is 8.15. The van der Waals surface area contributed by atoms with Crippen LogP contribution >= 0.6 is 0 Å². The molecule has 19 heteroatoms. The van der Waals surface area contributed by atoms with E-state index in [9.17, 15) is 37.1 Å². The Morgan fingerprint density at radius 1 is 0.683 bits per heavy atom. The Labute approximate surface area is 343 Å². The molecule has 4 amide bonds. The van der Waals surface area contributed by atoms with E-state index >= 15 is 0 Å². The number of nitrogens with one attached hydrogen (secondary N) is 3. The summed E-state index contributed by atoms with van der Waals surface area (Å²) in [7, 11) is 0. The first-order valence-electron chi connectivity index (χ1n) is 19.3. The van der Waals surface area contributed by atoms with Gasteiger partial charge in [-0.25, -0.2) is 4.79 Å². The second kappa shape index (κ2) is 23.4. The Hall–Kier alpha value is -5.44. The van der Waals surface area contributed by atoms with Crippen LogP contribution in [0.3, 0.4) is 0 Å². The minimum atomic E-state index is -4.49. The van der Waals surface area contributed by atoms with Crippen molar-refractivity contribution in [2.24, 2.45) is 0 Å². The van der Waals surface area contributed by atoms with Gasteiger partial charge in [-0.2, -0.15) is 13.2 Å². The van der Waals surface area contributed by atoms with Crippen molar-refractivity contribution in [2.45, 2.75) is 25.1 Å². The fourth-order valence-electron chi connectivity index (χ4n) is 6.09. The first kappa shape index (κ1) is 45.6. The van der Waals surface area contributed by atoms with Crippen LogP contribution in [-0.4, -0.2) is 133 Å². The van der Waals surface area contributed by atoms with Crippen LogP contribution in [-0.2, 0) is 48.9 Å². The number of amides is 4. The molecule has 60 heavy (non-hydrogen) atoms. The molecule has 3 aromatic rings. The fourth-order valence-corrected chi connectivity index (χ4v) is 6.09. The minimum absolute atomic E-state index is 0.0261. The van der Waals surface area contributed by atoms with Gasteiger partial charge in [0.1, 0.15) is 12.6 Å². The number of benzene rings is 3. The Balaban J connectivity index is 0.800. The monoisotopic (exact) mass is 844 g/mol. The van der Waals surface area contributed by atoms with E-state index in [1.54, 1.807) is 30.3 Å². The summed E-state index contributed by atoms with van der Waals surface area (Å²) < 4.78 is 77.4. The largest absolute Gasteiger partial charge is 0.460 e. The molecular weight excluding hydrogens is 797 g/mol. The van der Waals surface area contributed by atoms with Crippen LogP contribution in [0.1, 0.15) is 49.5 Å². The van der Waals surface area contributed by atoms with Crippen molar-refractivity contribution in [2.75, 3.05) is 103 Å². The zero-order chi connectivity index (χ0) is 42.7. The van der Waals surface area contributed by atoms with Gasteiger partial charge in [0.05, 0.1) is 107 Å². The van der Waals surface area contributed by atoms with Gasteiger partial charge in [0.2, 0.25) is 11.8 Å². The highest BCUT2D eigenvalue weighted by Crippen LogP contribution is 2.33. The summed E-state index contributed by atoms with van der Waals surface area (Å²) in [6.07, 6.45) is -4.36. The summed E-state index contributed by atoms with van der Waals surface area (Å²) in [4.78, 5) is 63.5. The molecule has 3 N–H and O–H groups in total. The fraction of sp³-hybridized carbons (Fsp3) is 0.439. The topological polar surface area (TPSA) is 189 Å². The molecule has 0 spiro atoms. The van der Waals surface area contributed by atoms with Crippen LogP contribution in [0.2, 0.25) is 0 Å². The van der Waals surface area contributed by atoms with Gasteiger partial charge in [0.25, 0.3) is 11.8 Å². The Kier molecular flexibility index (Phi) is 17.8. The molecule has 0 aromatic heterocycles. The molecule has 2 heterocycles. The van der Waals surface area contributed by atoms with Crippen LogP contribution < -0.4 is 16.0 Å². The number of esters is 1. The maximum atomic E-state index is 13.2. The summed E-state index contributed by atoms with van der Waals surface area (Å²) in [6.45, 7) is 4.23. The molecule has 0 bridgehead atoms. The van der Waals surface area contributed by atoms with Crippen LogP contribution in [0.5, 0.6) is 0 Å². The van der Waals surface area contributed by atoms with Gasteiger partial charge in [-0.3, -0.25) is 29.4 Å². The SMILES string of the molecule is O=C1CCC(N2C(=O)c3cccc(NCCOCCOCCOCCOCCOCCOCCOC(=O)c4ccccc4Nc4cccc(C(F)(F)F)c4)c3C2=O)C(=O)N1. The quantitative estimate of drug-likeness (QED) is 0.0592. The summed E-state index contributed by atoms with van der Waals surface area (Å²) in [5.41, 5.74) is 0.684. The Morgan fingerprint density at radius 3 is 1.87 bits per heavy atom. The Bertz CT molecular complexity index is 1930. The number of imide groups is 2. The lowest BCUT2D eigenvalue weighted by Gasteiger charge is -2.27. The van der Waals surface area contributed by atoms with Gasteiger partial charge >= 0.3 is 12.1 Å². The van der Waals surface area contributed by atoms with Gasteiger partial charge in [0, 0.05) is 24.3 Å². The number of nitrogens with zero attached hydrogens (tertiary/aromatic N) is 1. The highest BCUT2D eigenvalue weighted by molar-refractivity contribution is 6.25. The lowest BCUT2D eigenvalue weighted by atomic mass is 10.0. The number of para-hydroxylation sites is 1. The maximum absolute atomic E-state index is 13.2. The third kappa shape index (κ3) is 13.5. The normalized spacial score (nSPS) is 15.2. The van der Waals surface area contributed by atoms with Gasteiger partial charge in [-0.1, -0.05) is 24.3 Å². The molecule has 324 valence electrons. The molecule has 2 aliphatic rings. The van der Waals surface area contributed by atoms with Gasteiger partial charge < -0.3 is 43.8 Å². The second-order valence-corrected chi connectivity index (χ2v) is 13.2. The van der Waals surface area contributed by atoms with Crippen molar-refractivity contribution in [3.05, 3.63) is 89.0 Å². The van der Waals surface area contributed by atoms with E-state index in [0.29, 0.717) is 84.0 Å². The van der Waals surface area contributed by atoms with Crippen LogP contribution in [0.25, 0.3) is 0 Å². The summed E-state index contributed by atoms with van der Waals surface area (Å²) in [5.74, 6) is -2.89. The third-order valence-electron chi connectivity index (χ3n) is 8.97. The first-order chi connectivity index (χ1) is 29.0. The number of piperidine rings is 1. The molecule has 1 saturated heterocycles. The lowest BCUT2D eigenvalue weighted by molar-refractivity contribution is -0.138. The maximum Gasteiger partial charge on any atom is 0.416 e. The van der Waals surface area contributed by atoms with E-state index in [0.717, 1.165) is 17.0 Å². The Morgan fingerprint density at radius 2 is 1.25 bits per heavy atom. The molecule has 1 fully saturated rings. The first-order valence-corrected chi connectivity index (χ1v) is 19.3. The summed E-state index contributed by atoms with van der Waals surface area (Å²) >= 11 is 0. The van der Waals surface area contributed by atoms with Crippen LogP contribution in [0, 0.1) is 0 Å². The summed E-state index contributed by atoms with van der Waals surface area (Å²) in [6, 6.07) is 14.9. The molecule has 1 unspecified atom stereocenters. The number of fused-ring (bicyclic) bond motifs is 1. The number of ether oxygens (including phenoxy) is 7. The number of carbonyl (C=O) groups is 5. The lowest BCUT2D eigenvalue weighted by Crippen LogP contribution is -2.54. The second-order valence-electron chi connectivity index (χ2n) is 13.2. The van der Waals surface area contributed by atoms with Crippen molar-refractivity contribution < 1.29 is 70.3 Å². The molecule has 3 aromatic carbocycles. The van der Waals surface area contributed by atoms with Crippen molar-refractivity contribution >= 4 is 46.7 Å². The van der Waals surface area contributed by atoms with Gasteiger partial charge in [0.15, 0.2) is 0 Å². The molecular formula is C41H47F3N4O12. The number of carbonyl (C=O) groups excluding carboxylic acids is 5. The molecule has 1 atom stereocenters. The number of hydrogen-bond donors (Lipinski definition) is 3. The van der Waals surface area contributed by atoms with Crippen molar-refractivity contribution in [1.29, 1.82) is 0 Å². The molecule has 0 saturated carbocycles. The zero-order valence-electron chi connectivity index (χ0n) is 32.7. The molecule has 2 aliphatic heterocycles. The highest BCUT2D eigenvalue weighted by Gasteiger charge is 2.45. The average Bonchev–Trinajstić information content (AvgIpc) is 3.48. The van der Waals surface area contributed by atoms with E-state index in [4.69, 9.17) is 33.2 Å². The van der Waals surface area contributed by atoms with E-state index in [2.05, 4.69) is 16.0 Å². The minimum Gasteiger partial charge on any atom is -0.460 e. The number of hydrogen-bond acceptors (Lipinski definition) is 14. The van der Waals surface area contributed by atoms with Crippen LogP contribution in [0.4, 0.5) is 30.2 Å². The number of halogens is 3. The van der Waals surface area contributed by atoms with E-state index in [1.165, 1.54) is 24.3 Å². The molecule has 5 rings (SSSR count). The predicted molar refractivity (Wildman–Crippen MR) is 208 cm³/mol. The van der Waals surface area contributed by atoms with Gasteiger partial charge in [-0.15, -0.1) is 0 Å². The van der Waals surface area contributed by atoms with Crippen molar-refractivity contribution in [1.82, 2.24) is 10.2 Å². The van der Waals surface area contributed by atoms with E-state index in [1.807, 2.05) is 0 Å². The standard InChI is InChI=1S/C41H47F3N4O12/c42-41(43,44)28-5-3-6-29(27-28)46-32-9-2-1-7-30(32)40(53)60-26-25-59-24-23-58-22-21-57-20-19-56-18-17-55-16-15-54-14-13-45-33-10-4-8-31-36(33)39(52)48(38(31)51)34-11-12-35(49)47-37(34)50/h1-10,27,34,45-46H,11-26H2,(H,47,49,50). The number of alkyl halides is 3. The smallest absolute Gasteiger partial charge is 0.416 e. The van der Waals surface area contributed by atoms with E-state index < -0.39 is 47.4 Å². The predicted octanol–water partition coefficient (Wildman–Crippen LogP) is 4.22. The van der Waals surface area contributed by atoms with Gasteiger partial charge in [-0.05, 0) is 48.9 Å². The molecule has 16 nitrogen and oxygen atoms in total. The van der Waals surface area contributed by atoms with E-state index in [-0.39, 0.29) is 55.0 Å². The molecule has 0 aliphatic carbocycles. The zero-order valence-corrected chi connectivity index (χ0v) is 32.7. The van der Waals surface area contributed by atoms with Crippen LogP contribution in [0.15, 0.2) is 66.7 Å².